The number of rotatable bonds is 4. The van der Waals surface area contributed by atoms with Crippen LogP contribution in [-0.4, -0.2) is 13.4 Å². The number of sulfonamides is 1. The van der Waals surface area contributed by atoms with Gasteiger partial charge in [0.05, 0.1) is 21.2 Å². The molecule has 0 spiro atoms. The largest absolute Gasteiger partial charge is 0.355 e. The molecule has 7 heteroatoms. The molecule has 0 aliphatic heterocycles. The topological polar surface area (TPSA) is 85.1 Å². The Labute approximate surface area is 132 Å². The van der Waals surface area contributed by atoms with Gasteiger partial charge in [-0.3, -0.25) is 0 Å². The molecule has 1 aromatic heterocycles. The van der Waals surface area contributed by atoms with Crippen LogP contribution in [0.5, 0.6) is 0 Å². The van der Waals surface area contributed by atoms with Crippen LogP contribution in [0.25, 0.3) is 10.2 Å². The fourth-order valence-electron chi connectivity index (χ4n) is 2.16. The van der Waals surface area contributed by atoms with Gasteiger partial charge in [0.25, 0.3) is 0 Å². The Bertz CT molecular complexity index is 886. The first kappa shape index (κ1) is 15.0. The lowest BCUT2D eigenvalue weighted by Gasteiger charge is -2.14. The number of hydrogen-bond donors (Lipinski definition) is 2. The zero-order valence-electron chi connectivity index (χ0n) is 11.9. The average Bonchev–Trinajstić information content (AvgIpc) is 2.88. The molecular formula is C15H15N3O2S2. The van der Waals surface area contributed by atoms with Crippen molar-refractivity contribution in [1.29, 1.82) is 0 Å². The number of anilines is 1. The minimum Gasteiger partial charge on any atom is -0.355 e. The van der Waals surface area contributed by atoms with Gasteiger partial charge in [0.15, 0.2) is 5.13 Å². The summed E-state index contributed by atoms with van der Waals surface area (Å²) in [6.07, 6.45) is 0. The molecule has 22 heavy (non-hydrogen) atoms. The van der Waals surface area contributed by atoms with Crippen molar-refractivity contribution < 1.29 is 8.42 Å². The van der Waals surface area contributed by atoms with Crippen molar-refractivity contribution in [3.05, 3.63) is 54.1 Å². The van der Waals surface area contributed by atoms with Crippen LogP contribution >= 0.6 is 11.3 Å². The standard InChI is InChI=1S/C15H15N3O2S2/c1-10(11-5-4-6-12(9-11)22(16,19)20)17-15-18-13-7-2-3-8-14(13)21-15/h2-10H,1H3,(H,17,18)(H2,16,19,20). The summed E-state index contributed by atoms with van der Waals surface area (Å²) < 4.78 is 24.0. The van der Waals surface area contributed by atoms with Crippen LogP contribution in [0.4, 0.5) is 5.13 Å². The van der Waals surface area contributed by atoms with Gasteiger partial charge in [0, 0.05) is 0 Å². The van der Waals surface area contributed by atoms with E-state index in [1.54, 1.807) is 23.5 Å². The smallest absolute Gasteiger partial charge is 0.238 e. The fraction of sp³-hybridized carbons (Fsp3) is 0.133. The molecule has 114 valence electrons. The van der Waals surface area contributed by atoms with Crippen LogP contribution in [0, 0.1) is 0 Å². The van der Waals surface area contributed by atoms with Crippen molar-refractivity contribution in [2.75, 3.05) is 5.32 Å². The zero-order valence-corrected chi connectivity index (χ0v) is 13.5. The Hall–Kier alpha value is -1.96. The van der Waals surface area contributed by atoms with E-state index in [9.17, 15) is 8.42 Å². The molecule has 3 N–H and O–H groups in total. The van der Waals surface area contributed by atoms with Gasteiger partial charge < -0.3 is 5.32 Å². The number of primary sulfonamides is 1. The molecule has 1 atom stereocenters. The molecule has 0 fully saturated rings. The SMILES string of the molecule is CC(Nc1nc2ccccc2s1)c1cccc(S(N)(=O)=O)c1. The Morgan fingerprint density at radius 2 is 1.95 bits per heavy atom. The van der Waals surface area contributed by atoms with E-state index in [0.29, 0.717) is 0 Å². The van der Waals surface area contributed by atoms with Gasteiger partial charge in [-0.2, -0.15) is 0 Å². The average molecular weight is 333 g/mol. The summed E-state index contributed by atoms with van der Waals surface area (Å²) in [5, 5.41) is 9.27. The second-order valence-corrected chi connectivity index (χ2v) is 7.56. The van der Waals surface area contributed by atoms with Crippen LogP contribution < -0.4 is 10.5 Å². The van der Waals surface area contributed by atoms with E-state index >= 15 is 0 Å². The summed E-state index contributed by atoms with van der Waals surface area (Å²) in [7, 11) is -3.69. The molecule has 1 unspecified atom stereocenters. The van der Waals surface area contributed by atoms with E-state index in [1.807, 2.05) is 37.3 Å². The van der Waals surface area contributed by atoms with Gasteiger partial charge in [-0.15, -0.1) is 0 Å². The molecule has 0 aliphatic rings. The Morgan fingerprint density at radius 3 is 2.68 bits per heavy atom. The Morgan fingerprint density at radius 1 is 1.18 bits per heavy atom. The first-order valence-corrected chi connectivity index (χ1v) is 9.04. The minimum atomic E-state index is -3.69. The number of nitrogens with zero attached hydrogens (tertiary/aromatic N) is 1. The maximum atomic E-state index is 11.4. The Balaban J connectivity index is 1.86. The first-order chi connectivity index (χ1) is 10.4. The highest BCUT2D eigenvalue weighted by Gasteiger charge is 2.13. The first-order valence-electron chi connectivity index (χ1n) is 6.68. The molecule has 5 nitrogen and oxygen atoms in total. The quantitative estimate of drug-likeness (QED) is 0.768. The number of thiazole rings is 1. The second-order valence-electron chi connectivity index (χ2n) is 4.97. The van der Waals surface area contributed by atoms with Crippen molar-refractivity contribution in [2.45, 2.75) is 17.9 Å². The third kappa shape index (κ3) is 3.11. The van der Waals surface area contributed by atoms with Crippen molar-refractivity contribution in [1.82, 2.24) is 4.98 Å². The lowest BCUT2D eigenvalue weighted by atomic mass is 10.1. The maximum Gasteiger partial charge on any atom is 0.238 e. The molecule has 3 aromatic rings. The number of para-hydroxylation sites is 1. The van der Waals surface area contributed by atoms with Crippen LogP contribution in [0.2, 0.25) is 0 Å². The number of hydrogen-bond acceptors (Lipinski definition) is 5. The Kier molecular flexibility index (Phi) is 3.86. The van der Waals surface area contributed by atoms with Crippen LogP contribution in [0.15, 0.2) is 53.4 Å². The molecule has 1 heterocycles. The molecule has 0 aliphatic carbocycles. The van der Waals surface area contributed by atoms with Crippen LogP contribution in [0.1, 0.15) is 18.5 Å². The molecule has 0 saturated heterocycles. The van der Waals surface area contributed by atoms with Crippen LogP contribution in [-0.2, 0) is 10.0 Å². The number of aromatic nitrogens is 1. The predicted octanol–water partition coefficient (Wildman–Crippen LogP) is 3.12. The highest BCUT2D eigenvalue weighted by atomic mass is 32.2. The van der Waals surface area contributed by atoms with E-state index in [4.69, 9.17) is 5.14 Å². The normalized spacial score (nSPS) is 13.2. The number of benzene rings is 2. The molecule has 0 bridgehead atoms. The van der Waals surface area contributed by atoms with Crippen molar-refractivity contribution in [2.24, 2.45) is 5.14 Å². The number of fused-ring (bicyclic) bond motifs is 1. The van der Waals surface area contributed by atoms with E-state index in [0.717, 1.165) is 20.9 Å². The van der Waals surface area contributed by atoms with Crippen molar-refractivity contribution >= 4 is 36.7 Å². The van der Waals surface area contributed by atoms with Gasteiger partial charge >= 0.3 is 0 Å². The molecule has 0 radical (unpaired) electrons. The highest BCUT2D eigenvalue weighted by molar-refractivity contribution is 7.89. The second kappa shape index (κ2) is 5.68. The molecule has 0 amide bonds. The van der Waals surface area contributed by atoms with Crippen molar-refractivity contribution in [3.63, 3.8) is 0 Å². The van der Waals surface area contributed by atoms with Crippen molar-refractivity contribution in [3.8, 4) is 0 Å². The number of nitrogens with one attached hydrogen (secondary N) is 1. The van der Waals surface area contributed by atoms with Gasteiger partial charge in [0.2, 0.25) is 10.0 Å². The van der Waals surface area contributed by atoms with Gasteiger partial charge in [-0.1, -0.05) is 35.6 Å². The summed E-state index contributed by atoms with van der Waals surface area (Å²) in [4.78, 5) is 4.63. The fourth-order valence-corrected chi connectivity index (χ4v) is 3.68. The third-order valence-electron chi connectivity index (χ3n) is 3.32. The molecule has 2 aromatic carbocycles. The number of nitrogens with two attached hydrogens (primary N) is 1. The molecular weight excluding hydrogens is 318 g/mol. The summed E-state index contributed by atoms with van der Waals surface area (Å²) in [5.74, 6) is 0. The lowest BCUT2D eigenvalue weighted by molar-refractivity contribution is 0.597. The minimum absolute atomic E-state index is 0.0812. The summed E-state index contributed by atoms with van der Waals surface area (Å²) in [6.45, 7) is 1.95. The molecule has 0 saturated carbocycles. The monoisotopic (exact) mass is 333 g/mol. The summed E-state index contributed by atoms with van der Waals surface area (Å²) in [5.41, 5.74) is 1.78. The predicted molar refractivity (Wildman–Crippen MR) is 89.5 cm³/mol. The zero-order chi connectivity index (χ0) is 15.7. The highest BCUT2D eigenvalue weighted by Crippen LogP contribution is 2.28. The summed E-state index contributed by atoms with van der Waals surface area (Å²) >= 11 is 1.56. The van der Waals surface area contributed by atoms with E-state index < -0.39 is 10.0 Å². The van der Waals surface area contributed by atoms with Gasteiger partial charge in [0.1, 0.15) is 0 Å². The lowest BCUT2D eigenvalue weighted by Crippen LogP contribution is -2.13. The van der Waals surface area contributed by atoms with Gasteiger partial charge in [-0.25, -0.2) is 18.5 Å². The van der Waals surface area contributed by atoms with E-state index in [1.165, 1.54) is 6.07 Å². The van der Waals surface area contributed by atoms with E-state index in [-0.39, 0.29) is 10.9 Å². The maximum absolute atomic E-state index is 11.4. The van der Waals surface area contributed by atoms with E-state index in [2.05, 4.69) is 10.3 Å². The van der Waals surface area contributed by atoms with Gasteiger partial charge in [-0.05, 0) is 36.8 Å². The summed E-state index contributed by atoms with van der Waals surface area (Å²) in [6, 6.07) is 14.4. The third-order valence-corrected chi connectivity index (χ3v) is 5.20. The molecule has 3 rings (SSSR count). The van der Waals surface area contributed by atoms with Crippen LogP contribution in [0.3, 0.4) is 0 Å².